The van der Waals surface area contributed by atoms with Gasteiger partial charge >= 0.3 is 0 Å². The number of nitrogens with zero attached hydrogens (tertiary/aromatic N) is 4. The van der Waals surface area contributed by atoms with Crippen LogP contribution in [-0.4, -0.2) is 30.3 Å². The Bertz CT molecular complexity index is 1260. The Morgan fingerprint density at radius 1 is 1.17 bits per heavy atom. The van der Waals surface area contributed by atoms with Gasteiger partial charge in [-0.05, 0) is 31.2 Å². The number of allylic oxidation sites excluding steroid dienone is 1. The summed E-state index contributed by atoms with van der Waals surface area (Å²) in [6.45, 7) is 5.86. The summed E-state index contributed by atoms with van der Waals surface area (Å²) in [7, 11) is 0. The lowest BCUT2D eigenvalue weighted by atomic mass is 10.2. The maximum absolute atomic E-state index is 12.8. The maximum Gasteiger partial charge on any atom is 0.263 e. The van der Waals surface area contributed by atoms with Crippen molar-refractivity contribution >= 4 is 40.0 Å². The molecule has 2 aromatic carbocycles. The van der Waals surface area contributed by atoms with E-state index in [0.717, 1.165) is 5.69 Å². The zero-order valence-electron chi connectivity index (χ0n) is 15.8. The van der Waals surface area contributed by atoms with E-state index < -0.39 is 5.25 Å². The van der Waals surface area contributed by atoms with Crippen molar-refractivity contribution in [3.63, 3.8) is 0 Å². The van der Waals surface area contributed by atoms with E-state index in [1.807, 2.05) is 59.9 Å². The number of benzene rings is 2. The second-order valence-corrected chi connectivity index (χ2v) is 7.76. The molecule has 2 aromatic heterocycles. The van der Waals surface area contributed by atoms with Gasteiger partial charge in [0.2, 0.25) is 11.7 Å². The van der Waals surface area contributed by atoms with E-state index in [1.54, 1.807) is 12.1 Å². The Kier molecular flexibility index (Phi) is 5.18. The van der Waals surface area contributed by atoms with E-state index >= 15 is 0 Å². The number of carbonyl (C=O) groups excluding carboxylic acids is 1. The standard InChI is InChI=1S/C21H19N5O2S/c1-3-13-25-19(28)16-11-7-8-12-17(16)26-20(25)23-24-21(26)29-14(2)18(27)22-15-9-5-4-6-10-15/h3-12,14H,1,13H2,2H3,(H,22,27)/t14-/m0/s1. The number of thioether (sulfide) groups is 1. The topological polar surface area (TPSA) is 81.3 Å². The third kappa shape index (κ3) is 3.54. The number of anilines is 1. The molecule has 1 atom stereocenters. The Morgan fingerprint density at radius 2 is 1.90 bits per heavy atom. The fourth-order valence-electron chi connectivity index (χ4n) is 3.08. The van der Waals surface area contributed by atoms with Crippen molar-refractivity contribution < 1.29 is 4.79 Å². The van der Waals surface area contributed by atoms with E-state index in [-0.39, 0.29) is 11.5 Å². The lowest BCUT2D eigenvalue weighted by molar-refractivity contribution is -0.115. The van der Waals surface area contributed by atoms with Crippen LogP contribution in [0.4, 0.5) is 5.69 Å². The van der Waals surface area contributed by atoms with Crippen LogP contribution in [0.1, 0.15) is 6.92 Å². The van der Waals surface area contributed by atoms with Crippen molar-refractivity contribution in [2.75, 3.05) is 5.32 Å². The van der Waals surface area contributed by atoms with Crippen LogP contribution >= 0.6 is 11.8 Å². The highest BCUT2D eigenvalue weighted by Crippen LogP contribution is 2.25. The van der Waals surface area contributed by atoms with Crippen molar-refractivity contribution in [1.82, 2.24) is 19.2 Å². The second-order valence-electron chi connectivity index (χ2n) is 6.45. The first-order chi connectivity index (χ1) is 14.1. The van der Waals surface area contributed by atoms with Gasteiger partial charge in [0.15, 0.2) is 5.16 Å². The molecule has 1 amide bonds. The molecule has 0 radical (unpaired) electrons. The molecule has 2 heterocycles. The van der Waals surface area contributed by atoms with Crippen LogP contribution in [0.15, 0.2) is 77.2 Å². The van der Waals surface area contributed by atoms with E-state index in [0.29, 0.717) is 28.4 Å². The van der Waals surface area contributed by atoms with Crippen LogP contribution in [0.2, 0.25) is 0 Å². The third-order valence-electron chi connectivity index (χ3n) is 4.48. The van der Waals surface area contributed by atoms with Crippen molar-refractivity contribution in [2.45, 2.75) is 23.9 Å². The smallest absolute Gasteiger partial charge is 0.263 e. The highest BCUT2D eigenvalue weighted by molar-refractivity contribution is 8.00. The predicted octanol–water partition coefficient (Wildman–Crippen LogP) is 3.35. The van der Waals surface area contributed by atoms with Crippen molar-refractivity contribution in [3.05, 3.63) is 77.6 Å². The fraction of sp³-hybridized carbons (Fsp3) is 0.143. The molecule has 0 aliphatic rings. The lowest BCUT2D eigenvalue weighted by Crippen LogP contribution is -2.24. The number of amides is 1. The summed E-state index contributed by atoms with van der Waals surface area (Å²) >= 11 is 1.29. The molecule has 0 saturated carbocycles. The summed E-state index contributed by atoms with van der Waals surface area (Å²) in [5.74, 6) is 0.286. The molecule has 146 valence electrons. The molecule has 8 heteroatoms. The number of fused-ring (bicyclic) bond motifs is 3. The van der Waals surface area contributed by atoms with Gasteiger partial charge in [0.25, 0.3) is 5.56 Å². The SMILES string of the molecule is C=CCn1c(=O)c2ccccc2n2c(S[C@@H](C)C(=O)Nc3ccccc3)nnc12. The summed E-state index contributed by atoms with van der Waals surface area (Å²) in [5.41, 5.74) is 1.30. The van der Waals surface area contributed by atoms with E-state index in [1.165, 1.54) is 16.3 Å². The molecule has 0 aliphatic carbocycles. The van der Waals surface area contributed by atoms with E-state index in [9.17, 15) is 9.59 Å². The minimum atomic E-state index is -0.416. The number of hydrogen-bond donors (Lipinski definition) is 1. The van der Waals surface area contributed by atoms with Gasteiger partial charge < -0.3 is 5.32 Å². The molecule has 1 N–H and O–H groups in total. The highest BCUT2D eigenvalue weighted by atomic mass is 32.2. The molecule has 0 bridgehead atoms. The summed E-state index contributed by atoms with van der Waals surface area (Å²) < 4.78 is 3.35. The first-order valence-corrected chi connectivity index (χ1v) is 9.98. The number of hydrogen-bond acceptors (Lipinski definition) is 5. The van der Waals surface area contributed by atoms with E-state index in [4.69, 9.17) is 0 Å². The molecular weight excluding hydrogens is 386 g/mol. The second kappa shape index (κ2) is 7.92. The van der Waals surface area contributed by atoms with E-state index in [2.05, 4.69) is 22.1 Å². The molecule has 0 fully saturated rings. The highest BCUT2D eigenvalue weighted by Gasteiger charge is 2.21. The van der Waals surface area contributed by atoms with Crippen LogP contribution < -0.4 is 10.9 Å². The monoisotopic (exact) mass is 405 g/mol. The zero-order chi connectivity index (χ0) is 20.4. The molecule has 7 nitrogen and oxygen atoms in total. The van der Waals surface area contributed by atoms with Gasteiger partial charge in [0, 0.05) is 12.2 Å². The van der Waals surface area contributed by atoms with Crippen LogP contribution in [0.5, 0.6) is 0 Å². The van der Waals surface area contributed by atoms with Gasteiger partial charge in [-0.3, -0.25) is 18.6 Å². The van der Waals surface area contributed by atoms with Gasteiger partial charge in [-0.2, -0.15) is 0 Å². The molecule has 4 aromatic rings. The van der Waals surface area contributed by atoms with Crippen LogP contribution in [0.25, 0.3) is 16.7 Å². The Hall–Kier alpha value is -3.39. The number of aromatic nitrogens is 4. The molecule has 0 aliphatic heterocycles. The van der Waals surface area contributed by atoms with Gasteiger partial charge in [-0.15, -0.1) is 16.8 Å². The average molecular weight is 405 g/mol. The Morgan fingerprint density at radius 3 is 2.66 bits per heavy atom. The quantitative estimate of drug-likeness (QED) is 0.393. The Labute approximate surface area is 171 Å². The van der Waals surface area contributed by atoms with Gasteiger partial charge in [0.1, 0.15) is 0 Å². The van der Waals surface area contributed by atoms with Crippen LogP contribution in [0.3, 0.4) is 0 Å². The third-order valence-corrected chi connectivity index (χ3v) is 5.53. The van der Waals surface area contributed by atoms with Gasteiger partial charge in [0.05, 0.1) is 16.2 Å². The number of para-hydroxylation sites is 2. The minimum absolute atomic E-state index is 0.137. The van der Waals surface area contributed by atoms with Crippen LogP contribution in [-0.2, 0) is 11.3 Å². The Balaban J connectivity index is 1.74. The van der Waals surface area contributed by atoms with Crippen LogP contribution in [0, 0.1) is 0 Å². The largest absolute Gasteiger partial charge is 0.325 e. The number of nitrogens with one attached hydrogen (secondary N) is 1. The van der Waals surface area contributed by atoms with Crippen molar-refractivity contribution in [3.8, 4) is 0 Å². The van der Waals surface area contributed by atoms with Crippen molar-refractivity contribution in [2.24, 2.45) is 0 Å². The number of rotatable bonds is 6. The minimum Gasteiger partial charge on any atom is -0.325 e. The molecule has 0 unspecified atom stereocenters. The summed E-state index contributed by atoms with van der Waals surface area (Å²) in [6, 6.07) is 16.6. The first-order valence-electron chi connectivity index (χ1n) is 9.10. The number of carbonyl (C=O) groups is 1. The predicted molar refractivity (Wildman–Crippen MR) is 115 cm³/mol. The van der Waals surface area contributed by atoms with Gasteiger partial charge in [-0.1, -0.05) is 48.2 Å². The normalized spacial score (nSPS) is 12.2. The van der Waals surface area contributed by atoms with Crippen molar-refractivity contribution in [1.29, 1.82) is 0 Å². The van der Waals surface area contributed by atoms with Gasteiger partial charge in [-0.25, -0.2) is 0 Å². The first kappa shape index (κ1) is 18.9. The maximum atomic E-state index is 12.8. The zero-order valence-corrected chi connectivity index (χ0v) is 16.6. The summed E-state index contributed by atoms with van der Waals surface area (Å²) in [4.78, 5) is 25.4. The molecule has 29 heavy (non-hydrogen) atoms. The lowest BCUT2D eigenvalue weighted by Gasteiger charge is -2.12. The average Bonchev–Trinajstić information content (AvgIpc) is 3.15. The fourth-order valence-corrected chi connectivity index (χ4v) is 3.94. The molecular formula is C21H19N5O2S. The molecule has 0 spiro atoms. The summed E-state index contributed by atoms with van der Waals surface area (Å²) in [6.07, 6.45) is 1.65. The molecule has 0 saturated heterocycles. The summed E-state index contributed by atoms with van der Waals surface area (Å²) in [5, 5.41) is 12.1. The molecule has 4 rings (SSSR count).